The molecule has 0 aliphatic carbocycles. The first-order chi connectivity index (χ1) is 18.0. The number of esters is 1. The van der Waals surface area contributed by atoms with Gasteiger partial charge in [-0.05, 0) is 29.7 Å². The maximum absolute atomic E-state index is 12.1. The number of aliphatic hydroxyl groups excluding tert-OH is 2. The van der Waals surface area contributed by atoms with Gasteiger partial charge >= 0.3 is 16.3 Å². The molecule has 38 heavy (non-hydrogen) atoms. The first-order valence-corrected chi connectivity index (χ1v) is 13.3. The first-order valence-electron chi connectivity index (χ1n) is 11.9. The van der Waals surface area contributed by atoms with E-state index in [2.05, 4.69) is 20.1 Å². The number of rotatable bonds is 12. The van der Waals surface area contributed by atoms with Gasteiger partial charge in [-0.2, -0.15) is 13.2 Å². The third kappa shape index (κ3) is 7.30. The molecule has 5 N–H and O–H groups in total. The van der Waals surface area contributed by atoms with Crippen molar-refractivity contribution in [1.29, 1.82) is 0 Å². The molecule has 1 aromatic carbocycles. The fourth-order valence-corrected chi connectivity index (χ4v) is 4.42. The lowest BCUT2D eigenvalue weighted by Crippen LogP contribution is -2.47. The lowest BCUT2D eigenvalue weighted by atomic mass is 10.00. The van der Waals surface area contributed by atoms with Gasteiger partial charge in [0.2, 0.25) is 5.82 Å². The number of hydrogen-bond acceptors (Lipinski definition) is 13. The van der Waals surface area contributed by atoms with Crippen LogP contribution in [0.5, 0.6) is 0 Å². The van der Waals surface area contributed by atoms with Crippen molar-refractivity contribution < 1.29 is 41.9 Å². The molecule has 15 nitrogen and oxygen atoms in total. The summed E-state index contributed by atoms with van der Waals surface area (Å²) in [5.41, 5.74) is 6.72. The molecule has 0 radical (unpaired) electrons. The lowest BCUT2D eigenvalue weighted by Gasteiger charge is -2.18. The number of aromatic nitrogens is 4. The summed E-state index contributed by atoms with van der Waals surface area (Å²) in [5.74, 6) is -1.32. The Hall–Kier alpha value is -3.02. The molecule has 1 aliphatic rings. The zero-order valence-electron chi connectivity index (χ0n) is 21.1. The number of benzene rings is 1. The summed E-state index contributed by atoms with van der Waals surface area (Å²) in [4.78, 5) is 24.9. The zero-order chi connectivity index (χ0) is 28.0. The summed E-state index contributed by atoms with van der Waals surface area (Å²) in [6, 6.07) is 5.39. The molecule has 2 aromatic rings. The van der Waals surface area contributed by atoms with E-state index in [9.17, 15) is 28.2 Å². The second-order valence-electron chi connectivity index (χ2n) is 8.88. The van der Waals surface area contributed by atoms with Gasteiger partial charge in [0.05, 0.1) is 38.0 Å². The standard InChI is InChI=1S/C22H32N6O9S/c1-4-12(2)17(23)21(31)26-38(33,34)36-11-16-19(30)18(29)15(37-16)9-10-28-25-20(24-27-28)13-5-7-14(8-6-13)22(32)35-3/h5-8,12,15-19,29-30H,4,9-11,23H2,1-3H3,(H,26,31)/t12-,15-,16+,17-,18-,19+/m0/s1. The highest BCUT2D eigenvalue weighted by Gasteiger charge is 2.43. The Morgan fingerprint density at radius 3 is 2.50 bits per heavy atom. The Kier molecular flexibility index (Phi) is 9.86. The van der Waals surface area contributed by atoms with Gasteiger partial charge < -0.3 is 25.4 Å². The summed E-state index contributed by atoms with van der Waals surface area (Å²) in [6.45, 7) is 3.05. The molecular formula is C22H32N6O9S. The third-order valence-electron chi connectivity index (χ3n) is 6.26. The number of aryl methyl sites for hydroxylation is 1. The van der Waals surface area contributed by atoms with Gasteiger partial charge in [0, 0.05) is 5.56 Å². The van der Waals surface area contributed by atoms with Crippen molar-refractivity contribution in [3.05, 3.63) is 29.8 Å². The molecule has 1 aliphatic heterocycles. The van der Waals surface area contributed by atoms with Crippen molar-refractivity contribution in [2.45, 2.75) is 63.7 Å². The van der Waals surface area contributed by atoms with Crippen molar-refractivity contribution in [1.82, 2.24) is 24.9 Å². The summed E-state index contributed by atoms with van der Waals surface area (Å²) in [7, 11) is -3.22. The number of hydrogen-bond donors (Lipinski definition) is 4. The third-order valence-corrected chi connectivity index (χ3v) is 7.16. The van der Waals surface area contributed by atoms with E-state index >= 15 is 0 Å². The molecule has 210 valence electrons. The van der Waals surface area contributed by atoms with Crippen molar-refractivity contribution in [3.63, 3.8) is 0 Å². The van der Waals surface area contributed by atoms with Gasteiger partial charge in [-0.1, -0.05) is 32.4 Å². The number of aliphatic hydroxyl groups is 2. The Labute approximate surface area is 219 Å². The molecule has 1 saturated heterocycles. The smallest absolute Gasteiger partial charge is 0.362 e. The van der Waals surface area contributed by atoms with Crippen LogP contribution in [-0.4, -0.2) is 94.9 Å². The van der Waals surface area contributed by atoms with Crippen LogP contribution in [0.1, 0.15) is 37.0 Å². The fourth-order valence-electron chi connectivity index (χ4n) is 3.66. The van der Waals surface area contributed by atoms with Crippen LogP contribution >= 0.6 is 0 Å². The minimum atomic E-state index is -4.51. The van der Waals surface area contributed by atoms with Crippen molar-refractivity contribution in [3.8, 4) is 11.4 Å². The number of ether oxygens (including phenoxy) is 2. The Morgan fingerprint density at radius 2 is 1.87 bits per heavy atom. The number of nitrogens with one attached hydrogen (secondary N) is 1. The molecule has 1 aromatic heterocycles. The van der Waals surface area contributed by atoms with Crippen molar-refractivity contribution in [2.24, 2.45) is 11.7 Å². The van der Waals surface area contributed by atoms with Crippen LogP contribution < -0.4 is 10.5 Å². The topological polar surface area (TPSA) is 218 Å². The minimum absolute atomic E-state index is 0.164. The van der Waals surface area contributed by atoms with Crippen LogP contribution in [0.25, 0.3) is 11.4 Å². The molecule has 1 fully saturated rings. The van der Waals surface area contributed by atoms with Crippen LogP contribution in [0.15, 0.2) is 24.3 Å². The second-order valence-corrected chi connectivity index (χ2v) is 10.2. The number of tetrazole rings is 1. The summed E-state index contributed by atoms with van der Waals surface area (Å²) in [5, 5.41) is 32.8. The highest BCUT2D eigenvalue weighted by Crippen LogP contribution is 2.25. The van der Waals surface area contributed by atoms with Gasteiger partial charge in [0.1, 0.15) is 18.3 Å². The molecule has 0 unspecified atom stereocenters. The van der Waals surface area contributed by atoms with Crippen molar-refractivity contribution >= 4 is 22.2 Å². The van der Waals surface area contributed by atoms with Crippen LogP contribution in [0.4, 0.5) is 0 Å². The summed E-state index contributed by atoms with van der Waals surface area (Å²) < 4.78 is 41.0. The SMILES string of the molecule is CC[C@H](C)[C@H](N)C(=O)NS(=O)(=O)OC[C@H]1O[C@@H](CCn2nnc(-c3ccc(C(=O)OC)cc3)n2)[C@H](O)[C@@H]1O. The maximum Gasteiger partial charge on any atom is 0.362 e. The predicted molar refractivity (Wildman–Crippen MR) is 130 cm³/mol. The molecule has 6 atom stereocenters. The molecule has 16 heteroatoms. The van der Waals surface area contributed by atoms with Gasteiger partial charge in [0.15, 0.2) is 0 Å². The van der Waals surface area contributed by atoms with E-state index < -0.39 is 59.2 Å². The Morgan fingerprint density at radius 1 is 1.21 bits per heavy atom. The number of carbonyl (C=O) groups excluding carboxylic acids is 2. The van der Waals surface area contributed by atoms with Crippen molar-refractivity contribution in [2.75, 3.05) is 13.7 Å². The van der Waals surface area contributed by atoms with Gasteiger partial charge in [-0.3, -0.25) is 8.98 Å². The van der Waals surface area contributed by atoms with E-state index in [0.717, 1.165) is 0 Å². The number of nitrogens with two attached hydrogens (primary N) is 1. The van der Waals surface area contributed by atoms with E-state index in [4.69, 9.17) is 14.7 Å². The Bertz CT molecular complexity index is 1210. The molecular weight excluding hydrogens is 524 g/mol. The number of carbonyl (C=O) groups is 2. The van der Waals surface area contributed by atoms with E-state index in [0.29, 0.717) is 23.4 Å². The normalized spacial score (nSPS) is 23.1. The quantitative estimate of drug-likeness (QED) is 0.225. The molecule has 0 bridgehead atoms. The monoisotopic (exact) mass is 556 g/mol. The largest absolute Gasteiger partial charge is 0.465 e. The lowest BCUT2D eigenvalue weighted by molar-refractivity contribution is -0.121. The zero-order valence-corrected chi connectivity index (χ0v) is 21.9. The number of nitrogens with zero attached hydrogens (tertiary/aromatic N) is 4. The van der Waals surface area contributed by atoms with E-state index in [1.807, 2.05) is 6.92 Å². The van der Waals surface area contributed by atoms with Crippen LogP contribution in [0.3, 0.4) is 0 Å². The summed E-state index contributed by atoms with van der Waals surface area (Å²) >= 11 is 0. The number of amides is 1. The predicted octanol–water partition coefficient (Wildman–Crippen LogP) is -1.24. The van der Waals surface area contributed by atoms with E-state index in [-0.39, 0.29) is 18.9 Å². The summed E-state index contributed by atoms with van der Waals surface area (Å²) in [6.07, 6.45) is -4.05. The Balaban J connectivity index is 1.51. The highest BCUT2D eigenvalue weighted by molar-refractivity contribution is 7.85. The van der Waals surface area contributed by atoms with Gasteiger partial charge in [-0.25, -0.2) is 9.52 Å². The average Bonchev–Trinajstić information content (AvgIpc) is 3.49. The molecule has 0 saturated carbocycles. The molecule has 0 spiro atoms. The minimum Gasteiger partial charge on any atom is -0.465 e. The van der Waals surface area contributed by atoms with Crippen LogP contribution in [0.2, 0.25) is 0 Å². The van der Waals surface area contributed by atoms with Gasteiger partial charge in [-0.15, -0.1) is 10.2 Å². The van der Waals surface area contributed by atoms with Crippen LogP contribution in [-0.2, 0) is 35.3 Å². The molecule has 1 amide bonds. The second kappa shape index (κ2) is 12.7. The average molecular weight is 557 g/mol. The van der Waals surface area contributed by atoms with E-state index in [1.54, 1.807) is 35.9 Å². The molecule has 3 rings (SSSR count). The van der Waals surface area contributed by atoms with E-state index in [1.165, 1.54) is 11.9 Å². The maximum atomic E-state index is 12.1. The first kappa shape index (κ1) is 29.5. The van der Waals surface area contributed by atoms with Gasteiger partial charge in [0.25, 0.3) is 5.91 Å². The molecule has 2 heterocycles. The highest BCUT2D eigenvalue weighted by atomic mass is 32.2. The number of methoxy groups -OCH3 is 1. The van der Waals surface area contributed by atoms with Crippen LogP contribution in [0, 0.1) is 5.92 Å². The fraction of sp³-hybridized carbons (Fsp3) is 0.591.